The molecule has 1 saturated heterocycles. The van der Waals surface area contributed by atoms with Gasteiger partial charge in [-0.1, -0.05) is 25.7 Å². The van der Waals surface area contributed by atoms with Crippen molar-refractivity contribution in [2.75, 3.05) is 20.8 Å². The second-order valence-electron chi connectivity index (χ2n) is 7.17. The third-order valence-corrected chi connectivity index (χ3v) is 5.37. The van der Waals surface area contributed by atoms with E-state index in [9.17, 15) is 9.59 Å². The molecule has 26 heavy (non-hydrogen) atoms. The lowest BCUT2D eigenvalue weighted by atomic mass is 10.1. The van der Waals surface area contributed by atoms with Crippen LogP contribution in [0.2, 0.25) is 0 Å². The largest absolute Gasteiger partial charge is 0.497 e. The van der Waals surface area contributed by atoms with Crippen molar-refractivity contribution < 1.29 is 19.1 Å². The molecule has 1 aromatic carbocycles. The number of hydrogen-bond donors (Lipinski definition) is 1. The van der Waals surface area contributed by atoms with Gasteiger partial charge in [0.25, 0.3) is 5.91 Å². The number of carbonyl (C=O) groups is 2. The van der Waals surface area contributed by atoms with Gasteiger partial charge in [-0.15, -0.1) is 0 Å². The number of rotatable bonds is 5. The molecule has 0 bridgehead atoms. The minimum Gasteiger partial charge on any atom is -0.497 e. The van der Waals surface area contributed by atoms with E-state index in [1.54, 1.807) is 32.4 Å². The van der Waals surface area contributed by atoms with E-state index in [0.29, 0.717) is 36.1 Å². The highest BCUT2D eigenvalue weighted by atomic mass is 16.5. The summed E-state index contributed by atoms with van der Waals surface area (Å²) < 4.78 is 10.4. The van der Waals surface area contributed by atoms with E-state index in [0.717, 1.165) is 12.8 Å². The molecular formula is C20H28N2O4. The van der Waals surface area contributed by atoms with Crippen LogP contribution in [0.4, 0.5) is 0 Å². The van der Waals surface area contributed by atoms with Crippen LogP contribution in [0, 0.1) is 0 Å². The average molecular weight is 360 g/mol. The monoisotopic (exact) mass is 360 g/mol. The molecule has 0 aromatic heterocycles. The van der Waals surface area contributed by atoms with Gasteiger partial charge in [-0.25, -0.2) is 0 Å². The molecule has 1 saturated carbocycles. The number of carbonyl (C=O) groups excluding carboxylic acids is 2. The maximum atomic E-state index is 12.6. The first-order valence-corrected chi connectivity index (χ1v) is 9.44. The number of methoxy groups -OCH3 is 2. The molecule has 1 aliphatic heterocycles. The van der Waals surface area contributed by atoms with Gasteiger partial charge in [0, 0.05) is 30.6 Å². The van der Waals surface area contributed by atoms with Gasteiger partial charge < -0.3 is 19.7 Å². The van der Waals surface area contributed by atoms with E-state index in [4.69, 9.17) is 9.47 Å². The van der Waals surface area contributed by atoms with Crippen molar-refractivity contribution in [3.63, 3.8) is 0 Å². The van der Waals surface area contributed by atoms with E-state index in [-0.39, 0.29) is 17.9 Å². The zero-order valence-corrected chi connectivity index (χ0v) is 15.6. The van der Waals surface area contributed by atoms with E-state index in [2.05, 4.69) is 5.32 Å². The highest BCUT2D eigenvalue weighted by molar-refractivity contribution is 5.96. The molecule has 1 heterocycles. The fraction of sp³-hybridized carbons (Fsp3) is 0.600. The maximum absolute atomic E-state index is 12.6. The van der Waals surface area contributed by atoms with Crippen LogP contribution < -0.4 is 14.8 Å². The van der Waals surface area contributed by atoms with Crippen LogP contribution in [0.3, 0.4) is 0 Å². The van der Waals surface area contributed by atoms with Crippen LogP contribution in [0.25, 0.3) is 0 Å². The fourth-order valence-corrected chi connectivity index (χ4v) is 3.96. The van der Waals surface area contributed by atoms with Gasteiger partial charge in [0.2, 0.25) is 5.91 Å². The lowest BCUT2D eigenvalue weighted by Gasteiger charge is -2.27. The predicted molar refractivity (Wildman–Crippen MR) is 98.6 cm³/mol. The summed E-state index contributed by atoms with van der Waals surface area (Å²) in [5, 5.41) is 3.00. The fourth-order valence-electron chi connectivity index (χ4n) is 3.96. The molecule has 1 aromatic rings. The summed E-state index contributed by atoms with van der Waals surface area (Å²) in [4.78, 5) is 27.1. The van der Waals surface area contributed by atoms with Crippen molar-refractivity contribution in [1.82, 2.24) is 10.2 Å². The Bertz CT molecular complexity index is 631. The van der Waals surface area contributed by atoms with Crippen molar-refractivity contribution in [1.29, 1.82) is 0 Å². The first-order chi connectivity index (χ1) is 12.6. The Morgan fingerprint density at radius 1 is 1.04 bits per heavy atom. The summed E-state index contributed by atoms with van der Waals surface area (Å²) in [6.07, 6.45) is 7.44. The molecule has 1 aliphatic carbocycles. The first kappa shape index (κ1) is 18.5. The average Bonchev–Trinajstić information content (AvgIpc) is 2.86. The summed E-state index contributed by atoms with van der Waals surface area (Å²) in [5.41, 5.74) is 0.474. The van der Waals surface area contributed by atoms with Gasteiger partial charge >= 0.3 is 0 Å². The molecule has 1 N–H and O–H groups in total. The van der Waals surface area contributed by atoms with E-state index in [1.165, 1.54) is 25.7 Å². The minimum absolute atomic E-state index is 0.143. The van der Waals surface area contributed by atoms with Crippen LogP contribution in [-0.2, 0) is 4.79 Å². The summed E-state index contributed by atoms with van der Waals surface area (Å²) >= 11 is 0. The van der Waals surface area contributed by atoms with Gasteiger partial charge in [-0.3, -0.25) is 9.59 Å². The number of hydrogen-bond acceptors (Lipinski definition) is 4. The van der Waals surface area contributed by atoms with Crippen LogP contribution in [0.5, 0.6) is 11.5 Å². The zero-order valence-electron chi connectivity index (χ0n) is 15.6. The van der Waals surface area contributed by atoms with Crippen molar-refractivity contribution in [3.05, 3.63) is 23.8 Å². The molecule has 2 fully saturated rings. The smallest absolute Gasteiger partial charge is 0.251 e. The molecule has 1 atom stereocenters. The van der Waals surface area contributed by atoms with Gasteiger partial charge in [-0.2, -0.15) is 0 Å². The Morgan fingerprint density at radius 2 is 1.65 bits per heavy atom. The normalized spacial score (nSPS) is 21.4. The lowest BCUT2D eigenvalue weighted by molar-refractivity contribution is -0.129. The minimum atomic E-state index is -0.206. The van der Waals surface area contributed by atoms with Gasteiger partial charge in [0.1, 0.15) is 11.5 Å². The van der Waals surface area contributed by atoms with Crippen molar-refractivity contribution in [2.45, 2.75) is 57.0 Å². The van der Waals surface area contributed by atoms with E-state index >= 15 is 0 Å². The molecule has 142 valence electrons. The van der Waals surface area contributed by atoms with Crippen molar-refractivity contribution in [3.8, 4) is 11.5 Å². The molecule has 3 rings (SSSR count). The summed E-state index contributed by atoms with van der Waals surface area (Å²) in [6, 6.07) is 5.28. The Hall–Kier alpha value is -2.24. The number of likely N-dealkylation sites (tertiary alicyclic amines) is 1. The van der Waals surface area contributed by atoms with Gasteiger partial charge in [0.05, 0.1) is 20.3 Å². The predicted octanol–water partition coefficient (Wildman–Crippen LogP) is 2.76. The van der Waals surface area contributed by atoms with Crippen LogP contribution >= 0.6 is 0 Å². The Kier molecular flexibility index (Phi) is 6.01. The number of amides is 2. The van der Waals surface area contributed by atoms with Crippen LogP contribution in [0.1, 0.15) is 55.3 Å². The summed E-state index contributed by atoms with van der Waals surface area (Å²) in [7, 11) is 3.10. The number of nitrogens with one attached hydrogen (secondary N) is 1. The molecule has 6 nitrogen and oxygen atoms in total. The zero-order chi connectivity index (χ0) is 18.5. The van der Waals surface area contributed by atoms with Gasteiger partial charge in [0.15, 0.2) is 0 Å². The molecule has 6 heteroatoms. The lowest BCUT2D eigenvalue weighted by Crippen LogP contribution is -2.40. The first-order valence-electron chi connectivity index (χ1n) is 9.44. The number of nitrogens with zero attached hydrogens (tertiary/aromatic N) is 1. The second-order valence-corrected chi connectivity index (χ2v) is 7.17. The van der Waals surface area contributed by atoms with Crippen molar-refractivity contribution in [2.24, 2.45) is 0 Å². The number of benzene rings is 1. The van der Waals surface area contributed by atoms with Crippen LogP contribution in [-0.4, -0.2) is 49.6 Å². The quantitative estimate of drug-likeness (QED) is 0.820. The third kappa shape index (κ3) is 4.29. The third-order valence-electron chi connectivity index (χ3n) is 5.37. The second kappa shape index (κ2) is 8.43. The summed E-state index contributed by atoms with van der Waals surface area (Å²) in [6.45, 7) is 0.607. The van der Waals surface area contributed by atoms with Gasteiger partial charge in [-0.05, 0) is 25.0 Å². The molecule has 0 spiro atoms. The molecule has 1 unspecified atom stereocenters. The maximum Gasteiger partial charge on any atom is 0.251 e. The Balaban J connectivity index is 1.64. The molecule has 0 radical (unpaired) electrons. The number of ether oxygens (including phenoxy) is 2. The van der Waals surface area contributed by atoms with E-state index < -0.39 is 0 Å². The highest BCUT2D eigenvalue weighted by Gasteiger charge is 2.35. The van der Waals surface area contributed by atoms with Crippen LogP contribution in [0.15, 0.2) is 18.2 Å². The summed E-state index contributed by atoms with van der Waals surface area (Å²) in [5.74, 6) is 1.09. The molecular weight excluding hydrogens is 332 g/mol. The highest BCUT2D eigenvalue weighted by Crippen LogP contribution is 2.26. The molecule has 2 aliphatic rings. The molecule has 2 amide bonds. The van der Waals surface area contributed by atoms with Crippen molar-refractivity contribution >= 4 is 11.8 Å². The van der Waals surface area contributed by atoms with E-state index in [1.807, 2.05) is 4.90 Å². The SMILES string of the molecule is COc1cc(OC)cc(C(=O)NC2CC(=O)N(C3CCCCCC3)C2)c1. The Labute approximate surface area is 154 Å². The Morgan fingerprint density at radius 3 is 2.23 bits per heavy atom. The standard InChI is InChI=1S/C20H28N2O4/c1-25-17-9-14(10-18(12-17)26-2)20(24)21-15-11-19(23)22(13-15)16-7-5-3-4-6-8-16/h9-10,12,15-16H,3-8,11,13H2,1-2H3,(H,21,24). The topological polar surface area (TPSA) is 67.9 Å².